The van der Waals surface area contributed by atoms with E-state index in [1.54, 1.807) is 6.08 Å². The van der Waals surface area contributed by atoms with Crippen LogP contribution < -0.4 is 5.32 Å². The van der Waals surface area contributed by atoms with Gasteiger partial charge in [0.05, 0.1) is 18.8 Å². The number of hydrogen-bond donors (Lipinski definition) is 3. The number of unbranched alkanes of at least 4 members (excludes halogenated alkanes) is 50. The topological polar surface area (TPSA) is 69.6 Å². The van der Waals surface area contributed by atoms with Crippen LogP contribution in [0.1, 0.15) is 373 Å². The molecule has 0 rings (SSSR count). The van der Waals surface area contributed by atoms with E-state index in [4.69, 9.17) is 0 Å². The molecule has 2 unspecified atom stereocenters. The van der Waals surface area contributed by atoms with E-state index in [1.807, 2.05) is 6.08 Å². The van der Waals surface area contributed by atoms with Gasteiger partial charge in [-0.25, -0.2) is 0 Å². The fourth-order valence-corrected chi connectivity index (χ4v) is 10.6. The zero-order valence-electron chi connectivity index (χ0n) is 50.4. The van der Waals surface area contributed by atoms with E-state index < -0.39 is 12.1 Å². The third kappa shape index (κ3) is 61.2. The maximum atomic E-state index is 12.5. The van der Waals surface area contributed by atoms with Crippen LogP contribution in [0.15, 0.2) is 48.6 Å². The molecule has 0 aliphatic heterocycles. The molecule has 74 heavy (non-hydrogen) atoms. The number of aliphatic hydroxyl groups is 2. The summed E-state index contributed by atoms with van der Waals surface area (Å²) in [6, 6.07) is -0.640. The number of hydrogen-bond acceptors (Lipinski definition) is 3. The summed E-state index contributed by atoms with van der Waals surface area (Å²) in [5.74, 6) is -0.0674. The highest BCUT2D eigenvalue weighted by atomic mass is 16.3. The number of rotatable bonds is 63. The second-order valence-corrected chi connectivity index (χ2v) is 23.2. The Labute approximate surface area is 464 Å². The molecule has 0 aliphatic carbocycles. The van der Waals surface area contributed by atoms with Gasteiger partial charge in [-0.2, -0.15) is 0 Å². The molecule has 436 valence electrons. The molecule has 0 fully saturated rings. The van der Waals surface area contributed by atoms with E-state index in [9.17, 15) is 15.0 Å². The molecular weight excluding hydrogens is 903 g/mol. The second-order valence-electron chi connectivity index (χ2n) is 23.2. The summed E-state index contributed by atoms with van der Waals surface area (Å²) >= 11 is 0. The van der Waals surface area contributed by atoms with E-state index in [-0.39, 0.29) is 12.5 Å². The maximum Gasteiger partial charge on any atom is 0.220 e. The molecule has 1 amide bonds. The predicted octanol–water partition coefficient (Wildman–Crippen LogP) is 22.9. The minimum absolute atomic E-state index is 0.0674. The van der Waals surface area contributed by atoms with Crippen LogP contribution >= 0.6 is 0 Å². The quantitative estimate of drug-likeness (QED) is 0.0420. The van der Waals surface area contributed by atoms with Crippen molar-refractivity contribution in [2.45, 2.75) is 386 Å². The molecule has 3 N–H and O–H groups in total. The molecule has 0 aromatic rings. The van der Waals surface area contributed by atoms with Crippen LogP contribution in [0.5, 0.6) is 0 Å². The van der Waals surface area contributed by atoms with Gasteiger partial charge < -0.3 is 15.5 Å². The number of carbonyl (C=O) groups is 1. The summed E-state index contributed by atoms with van der Waals surface area (Å²) in [6.45, 7) is 4.33. The van der Waals surface area contributed by atoms with Crippen LogP contribution in [0, 0.1) is 0 Å². The second kappa shape index (κ2) is 65.6. The van der Waals surface area contributed by atoms with E-state index in [1.165, 1.54) is 315 Å². The highest BCUT2D eigenvalue weighted by Gasteiger charge is 2.18. The summed E-state index contributed by atoms with van der Waals surface area (Å²) in [7, 11) is 0. The van der Waals surface area contributed by atoms with Gasteiger partial charge in [0.15, 0.2) is 0 Å². The normalized spacial score (nSPS) is 13.0. The van der Waals surface area contributed by atoms with Crippen LogP contribution in [0.3, 0.4) is 0 Å². The third-order valence-electron chi connectivity index (χ3n) is 15.8. The van der Waals surface area contributed by atoms with E-state index in [2.05, 4.69) is 55.6 Å². The van der Waals surface area contributed by atoms with E-state index in [0.29, 0.717) is 6.42 Å². The average molecular weight is 1040 g/mol. The molecule has 0 spiro atoms. The SMILES string of the molecule is CCCCCCC/C=C\C/C=C\CCCCCCCCCCCCCCCCCCCCCC(=O)NC(CO)C(O)/C=C/CC/C=C/CCCCCCCCCCCCCCCCCCCCCCCCCCC. The molecule has 0 aromatic carbocycles. The van der Waals surface area contributed by atoms with Crippen molar-refractivity contribution >= 4 is 5.91 Å². The lowest BCUT2D eigenvalue weighted by Crippen LogP contribution is -2.45. The predicted molar refractivity (Wildman–Crippen MR) is 331 cm³/mol. The van der Waals surface area contributed by atoms with Gasteiger partial charge in [0.25, 0.3) is 0 Å². The van der Waals surface area contributed by atoms with Gasteiger partial charge in [-0.1, -0.05) is 351 Å². The lowest BCUT2D eigenvalue weighted by molar-refractivity contribution is -0.123. The van der Waals surface area contributed by atoms with Crippen LogP contribution in [0.25, 0.3) is 0 Å². The molecule has 0 bridgehead atoms. The Balaban J connectivity index is 3.46. The first kappa shape index (κ1) is 72.3. The van der Waals surface area contributed by atoms with Crippen molar-refractivity contribution in [1.29, 1.82) is 0 Å². The largest absolute Gasteiger partial charge is 0.394 e. The summed E-state index contributed by atoms with van der Waals surface area (Å²) in [4.78, 5) is 12.5. The molecule has 4 nitrogen and oxygen atoms in total. The lowest BCUT2D eigenvalue weighted by Gasteiger charge is -2.19. The lowest BCUT2D eigenvalue weighted by atomic mass is 10.0. The Morgan fingerprint density at radius 2 is 0.568 bits per heavy atom. The zero-order valence-corrected chi connectivity index (χ0v) is 50.4. The minimum Gasteiger partial charge on any atom is -0.394 e. The first-order valence-corrected chi connectivity index (χ1v) is 33.9. The van der Waals surface area contributed by atoms with Gasteiger partial charge >= 0.3 is 0 Å². The van der Waals surface area contributed by atoms with Gasteiger partial charge in [0, 0.05) is 6.42 Å². The summed E-state index contributed by atoms with van der Waals surface area (Å²) in [5.41, 5.74) is 0. The fraction of sp³-hybridized carbons (Fsp3) is 0.871. The molecule has 0 aromatic heterocycles. The molecule has 2 atom stereocenters. The van der Waals surface area contributed by atoms with Crippen LogP contribution in [-0.4, -0.2) is 34.9 Å². The molecule has 0 aliphatic rings. The van der Waals surface area contributed by atoms with Crippen molar-refractivity contribution in [1.82, 2.24) is 5.32 Å². The number of allylic oxidation sites excluding steroid dienone is 7. The molecule has 0 saturated heterocycles. The van der Waals surface area contributed by atoms with Gasteiger partial charge in [0.2, 0.25) is 5.91 Å². The standard InChI is InChI=1S/C70H133NO3/c1-3-5-7-9-11-13-15-17-19-21-23-25-27-29-31-33-35-37-39-41-43-45-47-49-51-53-55-57-59-61-63-65-69(73)68(67-72)71-70(74)66-64-62-60-58-56-54-52-50-48-46-44-42-40-38-36-34-32-30-28-26-24-22-20-18-16-14-12-10-8-6-4-2/h16,18,22,24,55,57,63,65,68-69,72-73H,3-15,17,19-21,23,25-54,56,58-62,64,66-67H2,1-2H3,(H,71,74)/b18-16-,24-22-,57-55+,65-63+. The third-order valence-corrected chi connectivity index (χ3v) is 15.8. The summed E-state index contributed by atoms with van der Waals surface area (Å²) in [6.07, 6.45) is 91.9. The monoisotopic (exact) mass is 1040 g/mol. The van der Waals surface area contributed by atoms with Crippen molar-refractivity contribution in [3.63, 3.8) is 0 Å². The Morgan fingerprint density at radius 3 is 0.865 bits per heavy atom. The zero-order chi connectivity index (χ0) is 53.4. The maximum absolute atomic E-state index is 12.5. The first-order valence-electron chi connectivity index (χ1n) is 33.9. The van der Waals surface area contributed by atoms with Gasteiger partial charge in [-0.3, -0.25) is 4.79 Å². The van der Waals surface area contributed by atoms with Gasteiger partial charge in [-0.15, -0.1) is 0 Å². The van der Waals surface area contributed by atoms with Crippen molar-refractivity contribution in [2.75, 3.05) is 6.61 Å². The Bertz CT molecular complexity index is 1170. The van der Waals surface area contributed by atoms with E-state index >= 15 is 0 Å². The number of aliphatic hydroxyl groups excluding tert-OH is 2. The highest BCUT2D eigenvalue weighted by Crippen LogP contribution is 2.18. The van der Waals surface area contributed by atoms with Crippen LogP contribution in [-0.2, 0) is 4.79 Å². The van der Waals surface area contributed by atoms with Crippen molar-refractivity contribution in [2.24, 2.45) is 0 Å². The van der Waals surface area contributed by atoms with Crippen LogP contribution in [0.4, 0.5) is 0 Å². The smallest absolute Gasteiger partial charge is 0.220 e. The first-order chi connectivity index (χ1) is 36.7. The minimum atomic E-state index is -0.864. The molecular formula is C70H133NO3. The highest BCUT2D eigenvalue weighted by molar-refractivity contribution is 5.76. The van der Waals surface area contributed by atoms with Crippen molar-refractivity contribution < 1.29 is 15.0 Å². The Kier molecular flexibility index (Phi) is 64.2. The van der Waals surface area contributed by atoms with Crippen LogP contribution in [0.2, 0.25) is 0 Å². The number of carbonyl (C=O) groups excluding carboxylic acids is 1. The van der Waals surface area contributed by atoms with Crippen molar-refractivity contribution in [3.05, 3.63) is 48.6 Å². The Hall–Kier alpha value is -1.65. The van der Waals surface area contributed by atoms with Gasteiger partial charge in [0.1, 0.15) is 0 Å². The van der Waals surface area contributed by atoms with Gasteiger partial charge in [-0.05, 0) is 64.2 Å². The van der Waals surface area contributed by atoms with Crippen molar-refractivity contribution in [3.8, 4) is 0 Å². The molecule has 4 heteroatoms. The fourth-order valence-electron chi connectivity index (χ4n) is 10.6. The molecule has 0 radical (unpaired) electrons. The molecule has 0 heterocycles. The van der Waals surface area contributed by atoms with E-state index in [0.717, 1.165) is 38.5 Å². The Morgan fingerprint density at radius 1 is 0.324 bits per heavy atom. The summed E-state index contributed by atoms with van der Waals surface area (Å²) < 4.78 is 0. The summed E-state index contributed by atoms with van der Waals surface area (Å²) in [5, 5.41) is 23.3. The molecule has 0 saturated carbocycles. The number of amides is 1. The average Bonchev–Trinajstić information content (AvgIpc) is 3.40. The number of nitrogens with one attached hydrogen (secondary N) is 1.